The molecular weight excluding hydrogens is 937 g/mol. The number of hydrogen-bond acceptors (Lipinski definition) is 9. The summed E-state index contributed by atoms with van der Waals surface area (Å²) in [4.78, 5) is 42.3. The molecule has 0 aliphatic carbocycles. The van der Waals surface area contributed by atoms with E-state index in [-0.39, 0.29) is 37.9 Å². The molecule has 1 aliphatic heterocycles. The van der Waals surface area contributed by atoms with Gasteiger partial charge in [-0.15, -0.1) is 0 Å². The molecule has 0 saturated carbocycles. The number of nitro benzene ring substituents is 1. The van der Waals surface area contributed by atoms with Gasteiger partial charge in [0.2, 0.25) is 21.8 Å². The average Bonchev–Trinajstić information content (AvgIpc) is 3.33. The molecule has 0 fully saturated rings. The Hall–Kier alpha value is -4.20. The summed E-state index contributed by atoms with van der Waals surface area (Å²) in [5.41, 5.74) is 3.67. The van der Waals surface area contributed by atoms with E-state index >= 15 is 4.79 Å². The van der Waals surface area contributed by atoms with E-state index in [1.54, 1.807) is 17.1 Å². The van der Waals surface area contributed by atoms with E-state index in [2.05, 4.69) is 88.4 Å². The topological polar surface area (TPSA) is 158 Å². The highest BCUT2D eigenvalue weighted by Crippen LogP contribution is 2.43. The van der Waals surface area contributed by atoms with Crippen molar-refractivity contribution in [2.24, 2.45) is 0 Å². The second-order valence-corrected chi connectivity index (χ2v) is 33.6. The summed E-state index contributed by atoms with van der Waals surface area (Å²) in [6.07, 6.45) is 5.73. The van der Waals surface area contributed by atoms with Crippen LogP contribution in [0, 0.1) is 10.1 Å². The van der Waals surface area contributed by atoms with Gasteiger partial charge in [0.25, 0.3) is 5.69 Å². The Morgan fingerprint density at radius 1 is 0.714 bits per heavy atom. The molecule has 0 spiro atoms. The second-order valence-electron chi connectivity index (χ2n) is 20.8. The van der Waals surface area contributed by atoms with Crippen molar-refractivity contribution in [1.29, 1.82) is 0 Å². The molecule has 2 atom stereocenters. The number of nitrogens with zero attached hydrogens (tertiary/aromatic N) is 3. The lowest BCUT2D eigenvalue weighted by atomic mass is 10.0. The van der Waals surface area contributed by atoms with E-state index in [1.165, 1.54) is 28.6 Å². The lowest BCUT2D eigenvalue weighted by Gasteiger charge is -2.42. The third kappa shape index (κ3) is 14.9. The van der Waals surface area contributed by atoms with Gasteiger partial charge < -0.3 is 23.8 Å². The van der Waals surface area contributed by atoms with Crippen LogP contribution in [-0.4, -0.2) is 95.9 Å². The van der Waals surface area contributed by atoms with Gasteiger partial charge in [-0.2, -0.15) is 4.31 Å². The van der Waals surface area contributed by atoms with Gasteiger partial charge in [-0.25, -0.2) is 8.42 Å². The Bertz CT molecular complexity index is 2210. The minimum absolute atomic E-state index is 0.0525. The van der Waals surface area contributed by atoms with Crippen LogP contribution in [0.3, 0.4) is 0 Å². The Kier molecular flexibility index (Phi) is 22.5. The molecule has 0 unspecified atom stereocenters. The molecule has 70 heavy (non-hydrogen) atoms. The van der Waals surface area contributed by atoms with Gasteiger partial charge in [0, 0.05) is 51.4 Å². The third-order valence-electron chi connectivity index (χ3n) is 14.5. The van der Waals surface area contributed by atoms with Crippen molar-refractivity contribution in [3.63, 3.8) is 0 Å². The van der Waals surface area contributed by atoms with Crippen LogP contribution >= 0.6 is 0 Å². The number of amides is 2. The maximum Gasteiger partial charge on any atom is 0.289 e. The maximum absolute atomic E-state index is 15.0. The fourth-order valence-electron chi connectivity index (χ4n) is 11.2. The quantitative estimate of drug-likeness (QED) is 0.0287. The summed E-state index contributed by atoms with van der Waals surface area (Å²) in [5, 5.41) is 15.4. The Labute approximate surface area is 422 Å². The van der Waals surface area contributed by atoms with E-state index in [0.29, 0.717) is 85.2 Å². The van der Waals surface area contributed by atoms with E-state index < -0.39 is 54.2 Å². The van der Waals surface area contributed by atoms with E-state index in [1.807, 2.05) is 54.6 Å². The van der Waals surface area contributed by atoms with Gasteiger partial charge in [-0.05, 0) is 94.7 Å². The highest BCUT2D eigenvalue weighted by atomic mass is 32.2. The molecular formula is C54H84N4O9SSi2. The molecule has 13 nitrogen and oxygen atoms in total. The zero-order chi connectivity index (χ0) is 51.8. The summed E-state index contributed by atoms with van der Waals surface area (Å²) >= 11 is 0. The van der Waals surface area contributed by atoms with Crippen LogP contribution < -0.4 is 10.1 Å². The Morgan fingerprint density at radius 2 is 1.23 bits per heavy atom. The number of benzene rings is 3. The first-order valence-electron chi connectivity index (χ1n) is 25.6. The van der Waals surface area contributed by atoms with Crippen molar-refractivity contribution in [2.75, 3.05) is 32.8 Å². The number of carbonyl (C=O) groups excluding carboxylic acids is 2. The highest BCUT2D eigenvalue weighted by Gasteiger charge is 2.46. The number of nitro groups is 1. The number of aryl methyl sites for hydroxylation is 1. The molecule has 0 saturated heterocycles. The van der Waals surface area contributed by atoms with E-state index in [9.17, 15) is 23.3 Å². The molecule has 4 rings (SSSR count). The predicted octanol–water partition coefficient (Wildman–Crippen LogP) is 12.0. The first-order chi connectivity index (χ1) is 33.1. The molecule has 388 valence electrons. The largest absolute Gasteiger partial charge is 0.489 e. The molecule has 1 N–H and O–H groups in total. The summed E-state index contributed by atoms with van der Waals surface area (Å²) in [6.45, 7) is 27.9. The van der Waals surface area contributed by atoms with Crippen molar-refractivity contribution in [1.82, 2.24) is 14.5 Å². The number of nitrogens with one attached hydrogen (secondary N) is 1. The van der Waals surface area contributed by atoms with Crippen molar-refractivity contribution in [3.05, 3.63) is 112 Å². The SMILES string of the molecule is CC(C)[Si](OCCC[C@H]1CN(S(=O)(=O)c2ccccc2[N+](=O)[O-])C/C=C/CN(C(=O)CCc2ccc(OCc3ccccc3)cc2)[C@H](CCCO[Si](C(C)C)(C(C)C)C(C)C)C(=O)N1)(C(C)C)C(C)C. The fraction of sp³-hybridized carbons (Fsp3) is 0.593. The maximum atomic E-state index is 15.0. The number of hydrogen-bond donors (Lipinski definition) is 1. The summed E-state index contributed by atoms with van der Waals surface area (Å²) in [6, 6.07) is 21.4. The number of rotatable bonds is 25. The lowest BCUT2D eigenvalue weighted by Crippen LogP contribution is -2.54. The third-order valence-corrected chi connectivity index (χ3v) is 28.6. The number of ether oxygens (including phenoxy) is 1. The first kappa shape index (κ1) is 58.4. The minimum atomic E-state index is -4.45. The van der Waals surface area contributed by atoms with Crippen molar-refractivity contribution in [2.45, 2.75) is 178 Å². The van der Waals surface area contributed by atoms with Gasteiger partial charge in [0.1, 0.15) is 18.4 Å². The monoisotopic (exact) mass is 1020 g/mol. The Morgan fingerprint density at radius 3 is 1.77 bits per heavy atom. The lowest BCUT2D eigenvalue weighted by molar-refractivity contribution is -0.387. The molecule has 3 aromatic rings. The Balaban J connectivity index is 1.69. The molecule has 0 aromatic heterocycles. The summed E-state index contributed by atoms with van der Waals surface area (Å²) in [5.74, 6) is 0.124. The minimum Gasteiger partial charge on any atom is -0.489 e. The van der Waals surface area contributed by atoms with Crippen LogP contribution in [-0.2, 0) is 41.5 Å². The van der Waals surface area contributed by atoms with E-state index in [4.69, 9.17) is 13.6 Å². The van der Waals surface area contributed by atoms with Crippen molar-refractivity contribution >= 4 is 44.2 Å². The number of carbonyl (C=O) groups is 2. The van der Waals surface area contributed by atoms with Crippen LogP contribution in [0.4, 0.5) is 5.69 Å². The zero-order valence-corrected chi connectivity index (χ0v) is 47.0. The predicted molar refractivity (Wildman–Crippen MR) is 286 cm³/mol. The van der Waals surface area contributed by atoms with Crippen LogP contribution in [0.15, 0.2) is 95.9 Å². The molecule has 3 aromatic carbocycles. The van der Waals surface area contributed by atoms with Crippen molar-refractivity contribution < 1.29 is 36.5 Å². The van der Waals surface area contributed by atoms with Gasteiger partial charge in [-0.1, -0.05) is 150 Å². The van der Waals surface area contributed by atoms with Gasteiger partial charge >= 0.3 is 0 Å². The molecule has 2 amide bonds. The van der Waals surface area contributed by atoms with Crippen LogP contribution in [0.1, 0.15) is 126 Å². The molecule has 1 heterocycles. The molecule has 1 aliphatic rings. The van der Waals surface area contributed by atoms with Crippen LogP contribution in [0.2, 0.25) is 33.2 Å². The summed E-state index contributed by atoms with van der Waals surface area (Å²) in [7, 11) is -8.92. The van der Waals surface area contributed by atoms with Crippen molar-refractivity contribution in [3.8, 4) is 5.75 Å². The van der Waals surface area contributed by atoms with Crippen LogP contribution in [0.25, 0.3) is 0 Å². The smallest absolute Gasteiger partial charge is 0.289 e. The van der Waals surface area contributed by atoms with E-state index in [0.717, 1.165) is 16.9 Å². The van der Waals surface area contributed by atoms with Gasteiger partial charge in [0.15, 0.2) is 21.5 Å². The second kappa shape index (κ2) is 27.0. The van der Waals surface area contributed by atoms with Gasteiger partial charge in [0.05, 0.1) is 4.92 Å². The molecule has 0 radical (unpaired) electrons. The standard InChI is InChI=1S/C54H84N4O9SSi2/c1-40(2)69(41(3)4,42(5)6)66-36-20-24-48-38-56(68(63,64)52-27-17-16-25-50(52)58(61)62)34-18-19-35-57(51(54(60)55-48)26-21-37-67-70(43(7)8,44(9)10)45(11)12)53(59)33-30-46-28-31-49(32-29-46)65-39-47-22-14-13-15-23-47/h13-19,22-23,25,27-29,31-32,40-45,48,51H,20-21,24,26,30,33-39H2,1-12H3,(H,55,60)/b19-18+/t48-,51+/m0/s1. The zero-order valence-electron chi connectivity index (χ0n) is 44.2. The van der Waals surface area contributed by atoms with Crippen LogP contribution in [0.5, 0.6) is 5.75 Å². The first-order valence-corrected chi connectivity index (χ1v) is 31.3. The highest BCUT2D eigenvalue weighted by molar-refractivity contribution is 7.89. The number of sulfonamides is 1. The average molecular weight is 1020 g/mol. The van der Waals surface area contributed by atoms with Gasteiger partial charge in [-0.3, -0.25) is 19.7 Å². The molecule has 16 heteroatoms. The summed E-state index contributed by atoms with van der Waals surface area (Å²) < 4.78 is 50.1. The normalized spacial score (nSPS) is 17.4. The fourth-order valence-corrected chi connectivity index (χ4v) is 23.8. The number of para-hydroxylation sites is 1. The molecule has 0 bridgehead atoms.